The number of nitrogens with zero attached hydrogens (tertiary/aromatic N) is 2. The SMILES string of the molecule is O=C(O)[C@@H]1CC[C@H](C(=O)N2CCC(c3nc4ccccc4s3)CC2)C1. The van der Waals surface area contributed by atoms with Crippen molar-refractivity contribution < 1.29 is 14.7 Å². The molecule has 2 atom stereocenters. The number of hydrogen-bond acceptors (Lipinski definition) is 4. The van der Waals surface area contributed by atoms with Crippen LogP contribution < -0.4 is 0 Å². The Morgan fingerprint density at radius 2 is 1.80 bits per heavy atom. The first kappa shape index (κ1) is 16.5. The second kappa shape index (κ2) is 6.75. The number of fused-ring (bicyclic) bond motifs is 1. The zero-order valence-electron chi connectivity index (χ0n) is 14.1. The van der Waals surface area contributed by atoms with Crippen molar-refractivity contribution >= 4 is 33.4 Å². The van der Waals surface area contributed by atoms with E-state index in [0.717, 1.165) is 31.4 Å². The second-order valence-corrected chi connectivity index (χ2v) is 8.23. The van der Waals surface area contributed by atoms with Gasteiger partial charge in [0.15, 0.2) is 0 Å². The van der Waals surface area contributed by atoms with Crippen LogP contribution in [0.25, 0.3) is 10.2 Å². The fourth-order valence-corrected chi connectivity index (χ4v) is 5.24. The molecule has 1 saturated carbocycles. The summed E-state index contributed by atoms with van der Waals surface area (Å²) in [5, 5.41) is 10.3. The van der Waals surface area contributed by atoms with Crippen molar-refractivity contribution in [1.82, 2.24) is 9.88 Å². The van der Waals surface area contributed by atoms with E-state index in [4.69, 9.17) is 10.1 Å². The van der Waals surface area contributed by atoms with Gasteiger partial charge in [0, 0.05) is 24.9 Å². The van der Waals surface area contributed by atoms with Crippen LogP contribution in [0.5, 0.6) is 0 Å². The Hall–Kier alpha value is -1.95. The van der Waals surface area contributed by atoms with Crippen molar-refractivity contribution in [2.24, 2.45) is 11.8 Å². The summed E-state index contributed by atoms with van der Waals surface area (Å²) < 4.78 is 1.22. The Morgan fingerprint density at radius 1 is 1.08 bits per heavy atom. The van der Waals surface area contributed by atoms with Crippen LogP contribution in [0, 0.1) is 11.8 Å². The van der Waals surface area contributed by atoms with Gasteiger partial charge in [0.2, 0.25) is 5.91 Å². The molecule has 2 fully saturated rings. The predicted octanol–water partition coefficient (Wildman–Crippen LogP) is 3.50. The molecule has 2 heterocycles. The average molecular weight is 358 g/mol. The van der Waals surface area contributed by atoms with Crippen LogP contribution in [0.15, 0.2) is 24.3 Å². The Morgan fingerprint density at radius 3 is 2.48 bits per heavy atom. The number of thiazole rings is 1. The highest BCUT2D eigenvalue weighted by Gasteiger charge is 2.37. The van der Waals surface area contributed by atoms with E-state index in [-0.39, 0.29) is 17.7 Å². The minimum atomic E-state index is -0.759. The highest BCUT2D eigenvalue weighted by Crippen LogP contribution is 2.36. The maximum Gasteiger partial charge on any atom is 0.306 e. The van der Waals surface area contributed by atoms with Crippen molar-refractivity contribution in [2.75, 3.05) is 13.1 Å². The van der Waals surface area contributed by atoms with Crippen LogP contribution >= 0.6 is 11.3 Å². The van der Waals surface area contributed by atoms with Crippen molar-refractivity contribution in [3.8, 4) is 0 Å². The molecule has 0 unspecified atom stereocenters. The van der Waals surface area contributed by atoms with Crippen LogP contribution in [0.4, 0.5) is 0 Å². The predicted molar refractivity (Wildman–Crippen MR) is 96.6 cm³/mol. The lowest BCUT2D eigenvalue weighted by Crippen LogP contribution is -2.41. The van der Waals surface area contributed by atoms with E-state index >= 15 is 0 Å². The van der Waals surface area contributed by atoms with Crippen LogP contribution in [0.2, 0.25) is 0 Å². The van der Waals surface area contributed by atoms with Crippen molar-refractivity contribution in [1.29, 1.82) is 0 Å². The van der Waals surface area contributed by atoms with Gasteiger partial charge in [-0.1, -0.05) is 12.1 Å². The molecule has 6 heteroatoms. The number of aromatic nitrogens is 1. The van der Waals surface area contributed by atoms with Gasteiger partial charge in [-0.2, -0.15) is 0 Å². The van der Waals surface area contributed by atoms with Crippen LogP contribution in [-0.2, 0) is 9.59 Å². The number of carboxylic acid groups (broad SMARTS) is 1. The third kappa shape index (κ3) is 3.27. The van der Waals surface area contributed by atoms with Gasteiger partial charge < -0.3 is 10.0 Å². The van der Waals surface area contributed by atoms with E-state index in [1.54, 1.807) is 11.3 Å². The number of benzene rings is 1. The lowest BCUT2D eigenvalue weighted by molar-refractivity contribution is -0.141. The number of amides is 1. The lowest BCUT2D eigenvalue weighted by Gasteiger charge is -2.32. The van der Waals surface area contributed by atoms with Gasteiger partial charge in [-0.25, -0.2) is 4.98 Å². The lowest BCUT2D eigenvalue weighted by atomic mass is 9.95. The Balaban J connectivity index is 1.36. The quantitative estimate of drug-likeness (QED) is 0.911. The fraction of sp³-hybridized carbons (Fsp3) is 0.526. The molecule has 1 amide bonds. The highest BCUT2D eigenvalue weighted by atomic mass is 32.1. The number of rotatable bonds is 3. The van der Waals surface area contributed by atoms with Crippen LogP contribution in [0.3, 0.4) is 0 Å². The molecule has 0 bridgehead atoms. The fourth-order valence-electron chi connectivity index (χ4n) is 4.10. The van der Waals surface area contributed by atoms with Crippen LogP contribution in [-0.4, -0.2) is 40.0 Å². The summed E-state index contributed by atoms with van der Waals surface area (Å²) in [6.45, 7) is 1.52. The molecule has 1 saturated heterocycles. The third-order valence-corrected chi connectivity index (χ3v) is 6.80. The number of carboxylic acids is 1. The maximum atomic E-state index is 12.7. The molecule has 25 heavy (non-hydrogen) atoms. The molecule has 132 valence electrons. The molecule has 2 aromatic rings. The number of likely N-dealkylation sites (tertiary alicyclic amines) is 1. The van der Waals surface area contributed by atoms with Gasteiger partial charge in [0.25, 0.3) is 0 Å². The first-order valence-electron chi connectivity index (χ1n) is 8.99. The van der Waals surface area contributed by atoms with E-state index < -0.39 is 5.97 Å². The van der Waals surface area contributed by atoms with Crippen molar-refractivity contribution in [2.45, 2.75) is 38.0 Å². The van der Waals surface area contributed by atoms with Gasteiger partial charge in [-0.3, -0.25) is 9.59 Å². The van der Waals surface area contributed by atoms with Crippen LogP contribution in [0.1, 0.15) is 43.0 Å². The molecule has 1 aromatic heterocycles. The first-order chi connectivity index (χ1) is 12.1. The number of carbonyl (C=O) groups is 2. The molecule has 0 spiro atoms. The summed E-state index contributed by atoms with van der Waals surface area (Å²) in [6, 6.07) is 8.21. The zero-order chi connectivity index (χ0) is 17.4. The van der Waals surface area contributed by atoms with E-state index in [2.05, 4.69) is 6.07 Å². The van der Waals surface area contributed by atoms with Gasteiger partial charge in [-0.15, -0.1) is 11.3 Å². The minimum Gasteiger partial charge on any atom is -0.481 e. The average Bonchev–Trinajstić information content (AvgIpc) is 3.28. The van der Waals surface area contributed by atoms with Gasteiger partial charge >= 0.3 is 5.97 Å². The van der Waals surface area contributed by atoms with E-state index in [9.17, 15) is 9.59 Å². The third-order valence-electron chi connectivity index (χ3n) is 5.60. The summed E-state index contributed by atoms with van der Waals surface area (Å²) in [6.07, 6.45) is 3.74. The zero-order valence-corrected chi connectivity index (χ0v) is 14.9. The largest absolute Gasteiger partial charge is 0.481 e. The number of piperidine rings is 1. The highest BCUT2D eigenvalue weighted by molar-refractivity contribution is 7.18. The summed E-state index contributed by atoms with van der Waals surface area (Å²) in [5.41, 5.74) is 1.06. The van der Waals surface area contributed by atoms with E-state index in [1.807, 2.05) is 23.1 Å². The summed E-state index contributed by atoms with van der Waals surface area (Å²) in [5.74, 6) is -0.609. The molecule has 1 aromatic carbocycles. The summed E-state index contributed by atoms with van der Waals surface area (Å²) >= 11 is 1.76. The molecule has 5 nitrogen and oxygen atoms in total. The summed E-state index contributed by atoms with van der Waals surface area (Å²) in [4.78, 5) is 30.5. The normalized spacial score (nSPS) is 24.7. The van der Waals surface area contributed by atoms with E-state index in [1.165, 1.54) is 9.71 Å². The molecular formula is C19H22N2O3S. The Labute approximate surface area is 150 Å². The second-order valence-electron chi connectivity index (χ2n) is 7.16. The van der Waals surface area contributed by atoms with Crippen molar-refractivity contribution in [3.05, 3.63) is 29.3 Å². The monoisotopic (exact) mass is 358 g/mol. The van der Waals surface area contributed by atoms with Gasteiger partial charge in [0.1, 0.15) is 0 Å². The molecule has 1 aliphatic heterocycles. The summed E-state index contributed by atoms with van der Waals surface area (Å²) in [7, 11) is 0. The van der Waals surface area contributed by atoms with Gasteiger partial charge in [-0.05, 0) is 44.2 Å². The topological polar surface area (TPSA) is 70.5 Å². The number of carbonyl (C=O) groups excluding carboxylic acids is 1. The van der Waals surface area contributed by atoms with Gasteiger partial charge in [0.05, 0.1) is 21.1 Å². The maximum absolute atomic E-state index is 12.7. The minimum absolute atomic E-state index is 0.0971. The molecule has 1 aliphatic carbocycles. The molecule has 4 rings (SSSR count). The number of hydrogen-bond donors (Lipinski definition) is 1. The number of aliphatic carboxylic acids is 1. The molecular weight excluding hydrogens is 336 g/mol. The molecule has 2 aliphatic rings. The molecule has 0 radical (unpaired) electrons. The first-order valence-corrected chi connectivity index (χ1v) is 9.80. The number of para-hydroxylation sites is 1. The van der Waals surface area contributed by atoms with Crippen molar-refractivity contribution in [3.63, 3.8) is 0 Å². The standard InChI is InChI=1S/C19H22N2O3S/c22-18(13-5-6-14(11-13)19(23)24)21-9-7-12(8-10-21)17-20-15-3-1-2-4-16(15)25-17/h1-4,12-14H,5-11H2,(H,23,24)/t13-,14+/m0/s1. The molecule has 1 N–H and O–H groups in total. The van der Waals surface area contributed by atoms with E-state index in [0.29, 0.717) is 25.2 Å². The Bertz CT molecular complexity index is 762. The Kier molecular flexibility index (Phi) is 4.46. The smallest absolute Gasteiger partial charge is 0.306 e.